The number of benzene rings is 1. The average Bonchev–Trinajstić information content (AvgIpc) is 2.92. The van der Waals surface area contributed by atoms with Crippen molar-refractivity contribution in [2.24, 2.45) is 0 Å². The van der Waals surface area contributed by atoms with Gasteiger partial charge in [-0.3, -0.25) is 14.6 Å². The standard InChI is InChI=1S/C19H19N3O6S2/c1-12-18(13(2)23)16-10-15(7-8-17(16)21(12)29(3,25)26)22(30(4,27)28)19(24)14-6-5-9-20-11-14/h5-11H,1-4H3. The van der Waals surface area contributed by atoms with E-state index < -0.39 is 26.0 Å². The molecule has 0 saturated carbocycles. The van der Waals surface area contributed by atoms with Crippen molar-refractivity contribution in [3.8, 4) is 0 Å². The molecule has 3 rings (SSSR count). The summed E-state index contributed by atoms with van der Waals surface area (Å²) < 4.78 is 51.0. The van der Waals surface area contributed by atoms with Crippen LogP contribution in [0.3, 0.4) is 0 Å². The minimum absolute atomic E-state index is 0.0213. The van der Waals surface area contributed by atoms with Gasteiger partial charge in [0.1, 0.15) is 0 Å². The van der Waals surface area contributed by atoms with E-state index in [1.807, 2.05) is 0 Å². The third-order valence-corrected chi connectivity index (χ3v) is 6.65. The molecule has 1 amide bonds. The Labute approximate surface area is 174 Å². The Balaban J connectivity index is 2.33. The maximum absolute atomic E-state index is 12.9. The molecule has 0 saturated heterocycles. The van der Waals surface area contributed by atoms with Gasteiger partial charge in [-0.15, -0.1) is 0 Å². The van der Waals surface area contributed by atoms with E-state index >= 15 is 0 Å². The van der Waals surface area contributed by atoms with E-state index in [-0.39, 0.29) is 39.2 Å². The molecule has 0 unspecified atom stereocenters. The van der Waals surface area contributed by atoms with Gasteiger partial charge in [0.05, 0.1) is 29.3 Å². The first-order chi connectivity index (χ1) is 13.8. The molecule has 0 bridgehead atoms. The zero-order valence-corrected chi connectivity index (χ0v) is 18.3. The fourth-order valence-electron chi connectivity index (χ4n) is 3.44. The fourth-order valence-corrected chi connectivity index (χ4v) is 5.45. The molecule has 11 heteroatoms. The Hall–Kier alpha value is -3.05. The normalized spacial score (nSPS) is 12.1. The van der Waals surface area contributed by atoms with Crippen LogP contribution in [0, 0.1) is 6.92 Å². The molecule has 0 spiro atoms. The van der Waals surface area contributed by atoms with E-state index in [4.69, 9.17) is 0 Å². The number of anilines is 1. The number of Topliss-reactive ketones (excluding diaryl/α,β-unsaturated/α-hetero) is 1. The van der Waals surface area contributed by atoms with Crippen molar-refractivity contribution in [3.05, 3.63) is 59.5 Å². The zero-order chi connectivity index (χ0) is 22.4. The Morgan fingerprint density at radius 1 is 1.07 bits per heavy atom. The number of nitrogens with zero attached hydrogens (tertiary/aromatic N) is 3. The largest absolute Gasteiger partial charge is 0.294 e. The number of amides is 1. The predicted octanol–water partition coefficient (Wildman–Crippen LogP) is 1.96. The molecular weight excluding hydrogens is 430 g/mol. The molecule has 0 aliphatic rings. The molecule has 158 valence electrons. The van der Waals surface area contributed by atoms with Gasteiger partial charge in [0.2, 0.25) is 20.0 Å². The van der Waals surface area contributed by atoms with Gasteiger partial charge in [0.15, 0.2) is 5.78 Å². The Bertz CT molecular complexity index is 1390. The van der Waals surface area contributed by atoms with E-state index in [9.17, 15) is 26.4 Å². The summed E-state index contributed by atoms with van der Waals surface area (Å²) in [7, 11) is -7.79. The van der Waals surface area contributed by atoms with Crippen LogP contribution in [0.2, 0.25) is 0 Å². The van der Waals surface area contributed by atoms with E-state index in [0.29, 0.717) is 4.31 Å². The molecule has 0 radical (unpaired) electrons. The summed E-state index contributed by atoms with van der Waals surface area (Å²) in [4.78, 5) is 29.0. The molecule has 0 aliphatic carbocycles. The summed E-state index contributed by atoms with van der Waals surface area (Å²) in [6.07, 6.45) is 4.57. The van der Waals surface area contributed by atoms with Crippen LogP contribution in [0.5, 0.6) is 0 Å². The Kier molecular flexibility index (Phi) is 5.29. The number of hydrogen-bond acceptors (Lipinski definition) is 7. The molecule has 30 heavy (non-hydrogen) atoms. The monoisotopic (exact) mass is 449 g/mol. The average molecular weight is 450 g/mol. The van der Waals surface area contributed by atoms with Crippen LogP contribution < -0.4 is 4.31 Å². The van der Waals surface area contributed by atoms with Crippen molar-refractivity contribution in [2.75, 3.05) is 16.8 Å². The first-order valence-electron chi connectivity index (χ1n) is 8.65. The highest BCUT2D eigenvalue weighted by Crippen LogP contribution is 2.32. The highest BCUT2D eigenvalue weighted by molar-refractivity contribution is 7.92. The molecular formula is C19H19N3O6S2. The lowest BCUT2D eigenvalue weighted by Crippen LogP contribution is -2.36. The molecule has 9 nitrogen and oxygen atoms in total. The number of rotatable bonds is 5. The van der Waals surface area contributed by atoms with Crippen LogP contribution >= 0.6 is 0 Å². The van der Waals surface area contributed by atoms with Crippen molar-refractivity contribution in [2.45, 2.75) is 13.8 Å². The second-order valence-corrected chi connectivity index (χ2v) is 10.5. The molecule has 3 aromatic rings. The van der Waals surface area contributed by atoms with Crippen molar-refractivity contribution < 1.29 is 26.4 Å². The zero-order valence-electron chi connectivity index (χ0n) is 16.6. The van der Waals surface area contributed by atoms with E-state index in [1.54, 1.807) is 0 Å². The minimum atomic E-state index is -4.05. The first-order valence-corrected chi connectivity index (χ1v) is 12.3. The third-order valence-electron chi connectivity index (χ3n) is 4.48. The molecule has 0 aliphatic heterocycles. The molecule has 0 fully saturated rings. The lowest BCUT2D eigenvalue weighted by Gasteiger charge is -2.20. The number of sulfonamides is 1. The number of hydrogen-bond donors (Lipinski definition) is 0. The van der Waals surface area contributed by atoms with Crippen LogP contribution in [-0.2, 0) is 20.0 Å². The topological polar surface area (TPSA) is 123 Å². The summed E-state index contributed by atoms with van der Waals surface area (Å²) in [6, 6.07) is 6.95. The summed E-state index contributed by atoms with van der Waals surface area (Å²) in [6.45, 7) is 2.78. The van der Waals surface area contributed by atoms with Gasteiger partial charge in [-0.25, -0.2) is 25.1 Å². The van der Waals surface area contributed by atoms with Crippen LogP contribution in [0.1, 0.15) is 33.3 Å². The van der Waals surface area contributed by atoms with E-state index in [1.165, 1.54) is 56.6 Å². The number of carbonyl (C=O) groups is 2. The van der Waals surface area contributed by atoms with Crippen molar-refractivity contribution in [1.29, 1.82) is 0 Å². The van der Waals surface area contributed by atoms with Crippen LogP contribution in [0.15, 0.2) is 42.7 Å². The van der Waals surface area contributed by atoms with Gasteiger partial charge in [-0.1, -0.05) is 0 Å². The SMILES string of the molecule is CC(=O)c1c(C)n(S(C)(=O)=O)c2ccc(N(C(=O)c3cccnc3)S(C)(=O)=O)cc12. The van der Waals surface area contributed by atoms with E-state index in [0.717, 1.165) is 16.5 Å². The highest BCUT2D eigenvalue weighted by Gasteiger charge is 2.29. The number of pyridine rings is 1. The van der Waals surface area contributed by atoms with Crippen LogP contribution in [0.4, 0.5) is 5.69 Å². The quantitative estimate of drug-likeness (QED) is 0.546. The summed E-state index contributed by atoms with van der Waals surface area (Å²) in [5.41, 5.74) is 0.596. The van der Waals surface area contributed by atoms with Gasteiger partial charge < -0.3 is 0 Å². The highest BCUT2D eigenvalue weighted by atomic mass is 32.2. The van der Waals surface area contributed by atoms with Gasteiger partial charge in [0.25, 0.3) is 5.91 Å². The number of ketones is 1. The fraction of sp³-hybridized carbons (Fsp3) is 0.211. The van der Waals surface area contributed by atoms with Gasteiger partial charge >= 0.3 is 0 Å². The van der Waals surface area contributed by atoms with Crippen molar-refractivity contribution in [3.63, 3.8) is 0 Å². The first kappa shape index (κ1) is 21.7. The third kappa shape index (κ3) is 3.73. The van der Waals surface area contributed by atoms with Gasteiger partial charge in [0, 0.05) is 29.0 Å². The van der Waals surface area contributed by atoms with Crippen molar-refractivity contribution in [1.82, 2.24) is 8.96 Å². The second kappa shape index (κ2) is 7.33. The van der Waals surface area contributed by atoms with Crippen molar-refractivity contribution >= 4 is 48.3 Å². The smallest absolute Gasteiger partial charge is 0.273 e. The van der Waals surface area contributed by atoms with Gasteiger partial charge in [-0.05, 0) is 44.2 Å². The number of fused-ring (bicyclic) bond motifs is 1. The lowest BCUT2D eigenvalue weighted by atomic mass is 10.1. The lowest BCUT2D eigenvalue weighted by molar-refractivity contribution is 0.100. The molecule has 1 aromatic carbocycles. The minimum Gasteiger partial charge on any atom is -0.294 e. The molecule has 2 heterocycles. The second-order valence-electron chi connectivity index (χ2n) is 6.82. The van der Waals surface area contributed by atoms with E-state index in [2.05, 4.69) is 4.98 Å². The molecule has 0 N–H and O–H groups in total. The van der Waals surface area contributed by atoms with Crippen LogP contribution in [-0.4, -0.2) is 50.0 Å². The maximum atomic E-state index is 12.9. The molecule has 2 aromatic heterocycles. The summed E-state index contributed by atoms with van der Waals surface area (Å²) in [5.74, 6) is -1.21. The maximum Gasteiger partial charge on any atom is 0.273 e. The summed E-state index contributed by atoms with van der Waals surface area (Å²) in [5, 5.41) is 0.232. The van der Waals surface area contributed by atoms with Gasteiger partial charge in [-0.2, -0.15) is 0 Å². The Morgan fingerprint density at radius 3 is 2.23 bits per heavy atom. The number of carbonyl (C=O) groups excluding carboxylic acids is 2. The molecule has 0 atom stereocenters. The van der Waals surface area contributed by atoms with Crippen LogP contribution in [0.25, 0.3) is 10.9 Å². The Morgan fingerprint density at radius 2 is 1.73 bits per heavy atom. The predicted molar refractivity (Wildman–Crippen MR) is 113 cm³/mol. The summed E-state index contributed by atoms with van der Waals surface area (Å²) >= 11 is 0. The number of aromatic nitrogens is 2.